The minimum absolute atomic E-state index is 0.209. The molecule has 1 rings (SSSR count). The van der Waals surface area contributed by atoms with Gasteiger partial charge in [0.15, 0.2) is 0 Å². The number of halogens is 2. The zero-order chi connectivity index (χ0) is 7.98. The highest BCUT2D eigenvalue weighted by Crippen LogP contribution is 2.09. The van der Waals surface area contributed by atoms with Gasteiger partial charge in [0.05, 0.1) is 0 Å². The van der Waals surface area contributed by atoms with E-state index in [1.165, 1.54) is 12.1 Å². The second-order valence-electron chi connectivity index (χ2n) is 1.44. The molecule has 1 unspecified atom stereocenters. The second kappa shape index (κ2) is 5.82. The third kappa shape index (κ3) is 3.97. The van der Waals surface area contributed by atoms with Crippen LogP contribution in [0.3, 0.4) is 0 Å². The molecule has 0 spiro atoms. The summed E-state index contributed by atoms with van der Waals surface area (Å²) in [5.74, 6) is -0.209. The molecule has 0 N–H and O–H groups in total. The summed E-state index contributed by atoms with van der Waals surface area (Å²) in [4.78, 5) is 0. The maximum absolute atomic E-state index is 12.1. The topological polar surface area (TPSA) is 0 Å². The Kier molecular flexibility index (Phi) is 5.85. The molecular formula is C7H9BrFP. The molecule has 0 amide bonds. The standard InChI is InChI=1S/C6H4BrF.CH5P/c7-5-2-1-3-6(8)4-5;1-2/h1-4H;2H2,1H3. The van der Waals surface area contributed by atoms with Crippen LogP contribution in [0.4, 0.5) is 4.39 Å². The van der Waals surface area contributed by atoms with Gasteiger partial charge < -0.3 is 0 Å². The summed E-state index contributed by atoms with van der Waals surface area (Å²) in [6, 6.07) is 6.26. The van der Waals surface area contributed by atoms with Gasteiger partial charge in [-0.05, 0) is 18.2 Å². The average molecular weight is 223 g/mol. The lowest BCUT2D eigenvalue weighted by atomic mass is 10.4. The van der Waals surface area contributed by atoms with Gasteiger partial charge in [-0.25, -0.2) is 4.39 Å². The lowest BCUT2D eigenvalue weighted by Gasteiger charge is -1.85. The van der Waals surface area contributed by atoms with E-state index in [1.54, 1.807) is 12.1 Å². The Morgan fingerprint density at radius 2 is 2.00 bits per heavy atom. The summed E-state index contributed by atoms with van der Waals surface area (Å²) in [6.45, 7) is 1.92. The lowest BCUT2D eigenvalue weighted by molar-refractivity contribution is 0.627. The van der Waals surface area contributed by atoms with E-state index in [1.807, 2.05) is 6.66 Å². The van der Waals surface area contributed by atoms with Crippen molar-refractivity contribution in [2.24, 2.45) is 0 Å². The molecule has 0 saturated carbocycles. The maximum Gasteiger partial charge on any atom is 0.124 e. The largest absolute Gasteiger partial charge is 0.207 e. The molecule has 0 aliphatic carbocycles. The van der Waals surface area contributed by atoms with E-state index in [0.717, 1.165) is 4.47 Å². The molecule has 56 valence electrons. The molecule has 0 bridgehead atoms. The SMILES string of the molecule is CP.Fc1cccc(Br)c1. The van der Waals surface area contributed by atoms with Gasteiger partial charge in [0.2, 0.25) is 0 Å². The predicted octanol–water partition coefficient (Wildman–Crippen LogP) is 3.08. The fourth-order valence-corrected chi connectivity index (χ4v) is 0.831. The van der Waals surface area contributed by atoms with Crippen LogP contribution in [-0.2, 0) is 0 Å². The summed E-state index contributed by atoms with van der Waals surface area (Å²) >= 11 is 3.12. The first kappa shape index (κ1) is 10.1. The van der Waals surface area contributed by atoms with Crippen molar-refractivity contribution in [1.29, 1.82) is 0 Å². The van der Waals surface area contributed by atoms with Crippen molar-refractivity contribution in [3.8, 4) is 0 Å². The van der Waals surface area contributed by atoms with Crippen LogP contribution >= 0.6 is 25.2 Å². The Hall–Kier alpha value is 0.0600. The van der Waals surface area contributed by atoms with Crippen molar-refractivity contribution >= 4 is 25.2 Å². The fourth-order valence-electron chi connectivity index (χ4n) is 0.460. The molecule has 3 heteroatoms. The second-order valence-corrected chi connectivity index (χ2v) is 2.36. The van der Waals surface area contributed by atoms with Gasteiger partial charge in [0.1, 0.15) is 5.82 Å². The van der Waals surface area contributed by atoms with Gasteiger partial charge in [-0.15, -0.1) is 9.24 Å². The molecule has 0 aromatic heterocycles. The number of hydrogen-bond acceptors (Lipinski definition) is 0. The Morgan fingerprint density at radius 1 is 1.40 bits per heavy atom. The molecule has 10 heavy (non-hydrogen) atoms. The van der Waals surface area contributed by atoms with E-state index in [4.69, 9.17) is 0 Å². The molecule has 1 aromatic carbocycles. The minimum Gasteiger partial charge on any atom is -0.207 e. The number of benzene rings is 1. The van der Waals surface area contributed by atoms with Gasteiger partial charge in [0.25, 0.3) is 0 Å². The Balaban J connectivity index is 0.000000371. The van der Waals surface area contributed by atoms with E-state index < -0.39 is 0 Å². The molecule has 0 heterocycles. The van der Waals surface area contributed by atoms with Crippen LogP contribution in [-0.4, -0.2) is 6.66 Å². The predicted molar refractivity (Wildman–Crippen MR) is 49.7 cm³/mol. The van der Waals surface area contributed by atoms with E-state index in [2.05, 4.69) is 25.2 Å². The smallest absolute Gasteiger partial charge is 0.124 e. The number of hydrogen-bond donors (Lipinski definition) is 0. The minimum atomic E-state index is -0.209. The molecule has 1 aromatic rings. The Morgan fingerprint density at radius 3 is 2.30 bits per heavy atom. The number of rotatable bonds is 0. The monoisotopic (exact) mass is 222 g/mol. The zero-order valence-electron chi connectivity index (χ0n) is 5.64. The Labute approximate surface area is 71.2 Å². The van der Waals surface area contributed by atoms with Crippen LogP contribution in [0.25, 0.3) is 0 Å². The van der Waals surface area contributed by atoms with Crippen molar-refractivity contribution in [1.82, 2.24) is 0 Å². The first-order valence-electron chi connectivity index (χ1n) is 2.78. The summed E-state index contributed by atoms with van der Waals surface area (Å²) in [5, 5.41) is 0. The highest BCUT2D eigenvalue weighted by Gasteiger charge is 1.86. The van der Waals surface area contributed by atoms with Crippen LogP contribution in [0.1, 0.15) is 0 Å². The van der Waals surface area contributed by atoms with E-state index in [-0.39, 0.29) is 5.82 Å². The molecule has 0 aliphatic rings. The molecule has 0 radical (unpaired) electrons. The van der Waals surface area contributed by atoms with Crippen LogP contribution in [0, 0.1) is 5.82 Å². The molecule has 0 saturated heterocycles. The zero-order valence-corrected chi connectivity index (χ0v) is 8.38. The third-order valence-electron chi connectivity index (χ3n) is 0.787. The van der Waals surface area contributed by atoms with Crippen LogP contribution < -0.4 is 0 Å². The van der Waals surface area contributed by atoms with Crippen LogP contribution in [0.15, 0.2) is 28.7 Å². The molecule has 1 atom stereocenters. The third-order valence-corrected chi connectivity index (χ3v) is 1.28. The summed E-state index contributed by atoms with van der Waals surface area (Å²) in [6.07, 6.45) is 0. The van der Waals surface area contributed by atoms with Crippen LogP contribution in [0.2, 0.25) is 0 Å². The molecular weight excluding hydrogens is 214 g/mol. The summed E-state index contributed by atoms with van der Waals surface area (Å²) < 4.78 is 12.9. The van der Waals surface area contributed by atoms with E-state index >= 15 is 0 Å². The van der Waals surface area contributed by atoms with Gasteiger partial charge in [-0.2, -0.15) is 0 Å². The van der Waals surface area contributed by atoms with Gasteiger partial charge >= 0.3 is 0 Å². The molecule has 0 nitrogen and oxygen atoms in total. The summed E-state index contributed by atoms with van der Waals surface area (Å²) in [5.41, 5.74) is 0. The van der Waals surface area contributed by atoms with Gasteiger partial charge in [-0.1, -0.05) is 28.7 Å². The van der Waals surface area contributed by atoms with Crippen molar-refractivity contribution in [2.75, 3.05) is 6.66 Å². The maximum atomic E-state index is 12.1. The van der Waals surface area contributed by atoms with Crippen molar-refractivity contribution < 1.29 is 4.39 Å². The highest BCUT2D eigenvalue weighted by molar-refractivity contribution is 9.10. The summed E-state index contributed by atoms with van der Waals surface area (Å²) in [7, 11) is 2.42. The molecule has 0 fully saturated rings. The first-order valence-corrected chi connectivity index (χ1v) is 4.72. The van der Waals surface area contributed by atoms with Crippen molar-refractivity contribution in [3.05, 3.63) is 34.6 Å². The Bertz CT molecular complexity index is 173. The molecule has 0 aliphatic heterocycles. The average Bonchev–Trinajstić information content (AvgIpc) is 1.91. The van der Waals surface area contributed by atoms with Crippen molar-refractivity contribution in [3.63, 3.8) is 0 Å². The first-order chi connectivity index (χ1) is 4.79. The van der Waals surface area contributed by atoms with Gasteiger partial charge in [-0.3, -0.25) is 0 Å². The fraction of sp³-hybridized carbons (Fsp3) is 0.143. The van der Waals surface area contributed by atoms with E-state index in [9.17, 15) is 4.39 Å². The quantitative estimate of drug-likeness (QED) is 0.593. The van der Waals surface area contributed by atoms with Gasteiger partial charge in [0, 0.05) is 4.47 Å². The highest BCUT2D eigenvalue weighted by atomic mass is 79.9. The lowest BCUT2D eigenvalue weighted by Crippen LogP contribution is -1.68. The van der Waals surface area contributed by atoms with Crippen molar-refractivity contribution in [2.45, 2.75) is 0 Å². The van der Waals surface area contributed by atoms with E-state index in [0.29, 0.717) is 0 Å². The van der Waals surface area contributed by atoms with Crippen LogP contribution in [0.5, 0.6) is 0 Å². The normalized spacial score (nSPS) is 8.00.